The van der Waals surface area contributed by atoms with Gasteiger partial charge in [0.1, 0.15) is 6.04 Å². The van der Waals surface area contributed by atoms with Crippen LogP contribution in [0, 0.1) is 11.3 Å². The van der Waals surface area contributed by atoms with Crippen molar-refractivity contribution in [3.05, 3.63) is 11.6 Å². The van der Waals surface area contributed by atoms with E-state index in [0.29, 0.717) is 0 Å². The number of nitrogens with one attached hydrogen (secondary N) is 1. The van der Waals surface area contributed by atoms with Crippen LogP contribution in [0.5, 0.6) is 0 Å². The van der Waals surface area contributed by atoms with E-state index in [4.69, 9.17) is 0 Å². The van der Waals surface area contributed by atoms with Crippen LogP contribution >= 0.6 is 0 Å². The van der Waals surface area contributed by atoms with Gasteiger partial charge in [-0.2, -0.15) is 0 Å². The first-order chi connectivity index (χ1) is 13.8. The number of carboxylic acids is 1. The normalized spacial score (nSPS) is 21.0. The van der Waals surface area contributed by atoms with Crippen LogP contribution in [-0.2, 0) is 14.4 Å². The van der Waals surface area contributed by atoms with E-state index in [1.54, 1.807) is 18.0 Å². The van der Waals surface area contributed by atoms with Crippen molar-refractivity contribution in [3.63, 3.8) is 0 Å². The van der Waals surface area contributed by atoms with Crippen LogP contribution in [0.15, 0.2) is 11.6 Å². The van der Waals surface area contributed by atoms with Gasteiger partial charge < -0.3 is 15.3 Å². The lowest BCUT2D eigenvalue weighted by Gasteiger charge is -2.38. The van der Waals surface area contributed by atoms with Crippen LogP contribution in [0.25, 0.3) is 0 Å². The zero-order chi connectivity index (χ0) is 23.2. The zero-order valence-electron chi connectivity index (χ0n) is 20.0. The molecule has 7 nitrogen and oxygen atoms in total. The van der Waals surface area contributed by atoms with E-state index in [-0.39, 0.29) is 35.4 Å². The number of nitrogens with zero attached hydrogens (tertiary/aromatic N) is 2. The molecular formula is C23H41N3O4. The summed E-state index contributed by atoms with van der Waals surface area (Å²) >= 11 is 0. The molecule has 2 N–H and O–H groups in total. The minimum Gasteiger partial charge on any atom is -0.478 e. The predicted octanol–water partition coefficient (Wildman–Crippen LogP) is 2.91. The molecule has 30 heavy (non-hydrogen) atoms. The van der Waals surface area contributed by atoms with Gasteiger partial charge in [0.2, 0.25) is 11.8 Å². The first kappa shape index (κ1) is 26.1. The average Bonchev–Trinajstić information content (AvgIpc) is 2.85. The molecule has 1 heterocycles. The molecule has 1 aliphatic rings. The van der Waals surface area contributed by atoms with Crippen molar-refractivity contribution in [1.82, 2.24) is 15.1 Å². The summed E-state index contributed by atoms with van der Waals surface area (Å²) in [7, 11) is 3.64. The maximum Gasteiger partial charge on any atom is 0.331 e. The summed E-state index contributed by atoms with van der Waals surface area (Å²) in [5.41, 5.74) is -0.290. The highest BCUT2D eigenvalue weighted by atomic mass is 16.4. The van der Waals surface area contributed by atoms with Gasteiger partial charge in [0.05, 0.1) is 12.1 Å². The SMILES string of the molecule is CC(=C[C@H](C(C)C)N(C)C(=O)[C@@H](NC(=O)C1CCCCCN1C)C(C)(C)C)C(=O)O. The quantitative estimate of drug-likeness (QED) is 0.615. The Morgan fingerprint density at radius 2 is 1.77 bits per heavy atom. The molecule has 0 radical (unpaired) electrons. The van der Waals surface area contributed by atoms with Gasteiger partial charge in [-0.3, -0.25) is 14.5 Å². The molecule has 172 valence electrons. The van der Waals surface area contributed by atoms with E-state index in [2.05, 4.69) is 10.2 Å². The number of amides is 2. The summed E-state index contributed by atoms with van der Waals surface area (Å²) in [4.78, 5) is 41.5. The van der Waals surface area contributed by atoms with Crippen molar-refractivity contribution in [1.29, 1.82) is 0 Å². The van der Waals surface area contributed by atoms with Crippen LogP contribution in [0.2, 0.25) is 0 Å². The Bertz CT molecular complexity index is 651. The minimum absolute atomic E-state index is 0.0255. The number of aliphatic carboxylic acids is 1. The Kier molecular flexibility index (Phi) is 9.53. The number of hydrogen-bond donors (Lipinski definition) is 2. The maximum atomic E-state index is 13.5. The maximum absolute atomic E-state index is 13.5. The molecule has 7 heteroatoms. The van der Waals surface area contributed by atoms with Crippen molar-refractivity contribution in [3.8, 4) is 0 Å². The lowest BCUT2D eigenvalue weighted by atomic mass is 9.84. The molecule has 0 saturated carbocycles. The Morgan fingerprint density at radius 1 is 1.17 bits per heavy atom. The summed E-state index contributed by atoms with van der Waals surface area (Å²) in [6.45, 7) is 12.1. The van der Waals surface area contributed by atoms with Gasteiger partial charge in [0.15, 0.2) is 0 Å². The van der Waals surface area contributed by atoms with Crippen molar-refractivity contribution < 1.29 is 19.5 Å². The Labute approximate surface area is 181 Å². The third kappa shape index (κ3) is 7.11. The van der Waals surface area contributed by atoms with Gasteiger partial charge in [-0.25, -0.2) is 4.79 Å². The Morgan fingerprint density at radius 3 is 2.27 bits per heavy atom. The number of rotatable bonds is 7. The summed E-state index contributed by atoms with van der Waals surface area (Å²) < 4.78 is 0. The molecule has 1 unspecified atom stereocenters. The molecule has 0 spiro atoms. The predicted molar refractivity (Wildman–Crippen MR) is 119 cm³/mol. The second-order valence-corrected chi connectivity index (χ2v) is 9.99. The lowest BCUT2D eigenvalue weighted by molar-refractivity contribution is -0.141. The third-order valence-electron chi connectivity index (χ3n) is 5.96. The number of carbonyl (C=O) groups is 3. The third-order valence-corrected chi connectivity index (χ3v) is 5.96. The topological polar surface area (TPSA) is 90.0 Å². The second kappa shape index (κ2) is 10.9. The molecule has 0 aromatic heterocycles. The van der Waals surface area contributed by atoms with Crippen LogP contribution < -0.4 is 5.32 Å². The average molecular weight is 424 g/mol. The molecule has 1 fully saturated rings. The summed E-state index contributed by atoms with van der Waals surface area (Å²) in [6, 6.07) is -1.31. The monoisotopic (exact) mass is 423 g/mol. The van der Waals surface area contributed by atoms with Crippen molar-refractivity contribution >= 4 is 17.8 Å². The molecule has 1 aliphatic heterocycles. The number of carbonyl (C=O) groups excluding carboxylic acids is 2. The zero-order valence-corrected chi connectivity index (χ0v) is 20.0. The molecule has 2 amide bonds. The van der Waals surface area contributed by atoms with Crippen LogP contribution in [0.4, 0.5) is 0 Å². The first-order valence-corrected chi connectivity index (χ1v) is 11.0. The summed E-state index contributed by atoms with van der Waals surface area (Å²) in [5, 5.41) is 12.3. The number of hydrogen-bond acceptors (Lipinski definition) is 4. The minimum atomic E-state index is -1.00. The number of likely N-dealkylation sites (N-methyl/N-ethyl adjacent to an activating group) is 2. The van der Waals surface area contributed by atoms with E-state index in [9.17, 15) is 19.5 Å². The van der Waals surface area contributed by atoms with Crippen molar-refractivity contribution in [2.75, 3.05) is 20.6 Å². The highest BCUT2D eigenvalue weighted by molar-refractivity contribution is 5.91. The fraction of sp³-hybridized carbons (Fsp3) is 0.783. The Hall–Kier alpha value is -1.89. The first-order valence-electron chi connectivity index (χ1n) is 11.0. The van der Waals surface area contributed by atoms with E-state index in [1.165, 1.54) is 6.92 Å². The molecule has 1 saturated heterocycles. The van der Waals surface area contributed by atoms with E-state index < -0.39 is 17.4 Å². The molecule has 0 aromatic carbocycles. The molecule has 3 atom stereocenters. The highest BCUT2D eigenvalue weighted by Gasteiger charge is 2.38. The van der Waals surface area contributed by atoms with Gasteiger partial charge in [-0.05, 0) is 44.7 Å². The van der Waals surface area contributed by atoms with E-state index >= 15 is 0 Å². The van der Waals surface area contributed by atoms with Gasteiger partial charge in [0, 0.05) is 12.6 Å². The Balaban J connectivity index is 3.11. The molecule has 0 aliphatic carbocycles. The molecule has 0 bridgehead atoms. The number of carboxylic acid groups (broad SMARTS) is 1. The molecule has 0 aromatic rings. The standard InChI is InChI=1S/C23H41N3O4/c1-15(2)18(14-16(3)22(29)30)26(8)21(28)19(23(4,5)6)24-20(27)17-12-10-9-11-13-25(17)7/h14-15,17-19H,9-13H2,1-8H3,(H,24,27)(H,29,30)/t17?,18-,19-/m1/s1. The highest BCUT2D eigenvalue weighted by Crippen LogP contribution is 2.25. The molecule has 1 rings (SSSR count). The van der Waals surface area contributed by atoms with Gasteiger partial charge in [-0.1, -0.05) is 53.5 Å². The largest absolute Gasteiger partial charge is 0.478 e. The van der Waals surface area contributed by atoms with Crippen molar-refractivity contribution in [2.24, 2.45) is 11.3 Å². The van der Waals surface area contributed by atoms with Gasteiger partial charge >= 0.3 is 5.97 Å². The van der Waals surface area contributed by atoms with Gasteiger partial charge in [-0.15, -0.1) is 0 Å². The van der Waals surface area contributed by atoms with E-state index in [0.717, 1.165) is 32.2 Å². The summed E-state index contributed by atoms with van der Waals surface area (Å²) in [6.07, 6.45) is 5.61. The number of likely N-dealkylation sites (tertiary alicyclic amines) is 1. The van der Waals surface area contributed by atoms with Crippen molar-refractivity contribution in [2.45, 2.75) is 85.4 Å². The van der Waals surface area contributed by atoms with E-state index in [1.807, 2.05) is 41.7 Å². The van der Waals surface area contributed by atoms with Gasteiger partial charge in [0.25, 0.3) is 0 Å². The fourth-order valence-electron chi connectivity index (χ4n) is 3.90. The lowest BCUT2D eigenvalue weighted by Crippen LogP contribution is -2.59. The van der Waals surface area contributed by atoms with Crippen LogP contribution in [0.3, 0.4) is 0 Å². The smallest absolute Gasteiger partial charge is 0.331 e. The molecular weight excluding hydrogens is 382 g/mol. The summed E-state index contributed by atoms with van der Waals surface area (Å²) in [5.74, 6) is -1.30. The second-order valence-electron chi connectivity index (χ2n) is 9.99. The van der Waals surface area contributed by atoms with Crippen LogP contribution in [0.1, 0.15) is 67.2 Å². The fourth-order valence-corrected chi connectivity index (χ4v) is 3.90. The van der Waals surface area contributed by atoms with Crippen LogP contribution in [-0.4, -0.2) is 71.5 Å².